The van der Waals surface area contributed by atoms with Crippen molar-refractivity contribution >= 4 is 5.69 Å². The molecular formula is C19H21N. The molecule has 1 N–H and O–H groups in total. The van der Waals surface area contributed by atoms with Crippen molar-refractivity contribution in [3.05, 3.63) is 64.7 Å². The lowest BCUT2D eigenvalue weighted by Crippen LogP contribution is -2.11. The van der Waals surface area contributed by atoms with Gasteiger partial charge in [-0.2, -0.15) is 0 Å². The SMILES string of the molecule is CC(C)(C)c1ccc2c(c1)C1Cc3ccccc3C1N2. The van der Waals surface area contributed by atoms with Gasteiger partial charge in [-0.05, 0) is 40.2 Å². The lowest BCUT2D eigenvalue weighted by Gasteiger charge is -2.20. The summed E-state index contributed by atoms with van der Waals surface area (Å²) < 4.78 is 0. The van der Waals surface area contributed by atoms with Crippen molar-refractivity contribution in [2.45, 2.75) is 44.6 Å². The van der Waals surface area contributed by atoms with Crippen molar-refractivity contribution in [2.75, 3.05) is 5.32 Å². The van der Waals surface area contributed by atoms with Crippen LogP contribution < -0.4 is 5.32 Å². The molecule has 0 saturated heterocycles. The molecule has 0 spiro atoms. The minimum atomic E-state index is 0.221. The largest absolute Gasteiger partial charge is 0.377 e. The molecule has 0 bridgehead atoms. The summed E-state index contributed by atoms with van der Waals surface area (Å²) in [6, 6.07) is 16.3. The molecule has 102 valence electrons. The first-order valence-corrected chi connectivity index (χ1v) is 7.53. The number of fused-ring (bicyclic) bond motifs is 5. The summed E-state index contributed by atoms with van der Waals surface area (Å²) in [7, 11) is 0. The van der Waals surface area contributed by atoms with E-state index in [1.165, 1.54) is 34.4 Å². The zero-order chi connectivity index (χ0) is 13.9. The molecule has 2 aromatic rings. The van der Waals surface area contributed by atoms with Gasteiger partial charge < -0.3 is 5.32 Å². The first-order valence-electron chi connectivity index (χ1n) is 7.53. The van der Waals surface area contributed by atoms with Crippen LogP contribution in [0.5, 0.6) is 0 Å². The van der Waals surface area contributed by atoms with Gasteiger partial charge in [0, 0.05) is 11.6 Å². The maximum atomic E-state index is 3.73. The molecule has 2 unspecified atom stereocenters. The molecule has 0 fully saturated rings. The third-order valence-corrected chi connectivity index (χ3v) is 4.86. The summed E-state index contributed by atoms with van der Waals surface area (Å²) in [5.41, 5.74) is 7.52. The summed E-state index contributed by atoms with van der Waals surface area (Å²) in [4.78, 5) is 0. The lowest BCUT2D eigenvalue weighted by molar-refractivity contribution is 0.587. The highest BCUT2D eigenvalue weighted by Crippen LogP contribution is 2.51. The molecule has 1 heteroatoms. The highest BCUT2D eigenvalue weighted by molar-refractivity contribution is 5.65. The Morgan fingerprint density at radius 1 is 1.00 bits per heavy atom. The van der Waals surface area contributed by atoms with E-state index in [1.807, 2.05) is 0 Å². The van der Waals surface area contributed by atoms with Crippen LogP contribution in [0.4, 0.5) is 5.69 Å². The van der Waals surface area contributed by atoms with E-state index in [0.717, 1.165) is 0 Å². The van der Waals surface area contributed by atoms with Crippen LogP contribution in [-0.4, -0.2) is 0 Å². The average Bonchev–Trinajstić information content (AvgIpc) is 2.93. The third kappa shape index (κ3) is 1.62. The number of benzene rings is 2. The molecule has 20 heavy (non-hydrogen) atoms. The first-order chi connectivity index (χ1) is 9.54. The zero-order valence-corrected chi connectivity index (χ0v) is 12.4. The highest BCUT2D eigenvalue weighted by Gasteiger charge is 2.39. The Kier molecular flexibility index (Phi) is 2.33. The number of nitrogens with one attached hydrogen (secondary N) is 1. The van der Waals surface area contributed by atoms with E-state index in [4.69, 9.17) is 0 Å². The molecule has 0 aromatic heterocycles. The minimum absolute atomic E-state index is 0.221. The van der Waals surface area contributed by atoms with Crippen molar-refractivity contribution in [3.63, 3.8) is 0 Å². The van der Waals surface area contributed by atoms with Gasteiger partial charge in [0.05, 0.1) is 6.04 Å². The number of rotatable bonds is 0. The molecule has 2 aliphatic rings. The highest BCUT2D eigenvalue weighted by atomic mass is 15.0. The van der Waals surface area contributed by atoms with E-state index in [2.05, 4.69) is 68.6 Å². The summed E-state index contributed by atoms with van der Waals surface area (Å²) in [6.45, 7) is 6.87. The van der Waals surface area contributed by atoms with Gasteiger partial charge in [0.15, 0.2) is 0 Å². The molecular weight excluding hydrogens is 242 g/mol. The Hall–Kier alpha value is -1.76. The molecule has 2 atom stereocenters. The van der Waals surface area contributed by atoms with E-state index >= 15 is 0 Å². The van der Waals surface area contributed by atoms with Crippen LogP contribution in [0.2, 0.25) is 0 Å². The fourth-order valence-corrected chi connectivity index (χ4v) is 3.70. The fourth-order valence-electron chi connectivity index (χ4n) is 3.70. The normalized spacial score (nSPS) is 22.9. The molecule has 0 amide bonds. The van der Waals surface area contributed by atoms with Gasteiger partial charge in [-0.3, -0.25) is 0 Å². The predicted octanol–water partition coefficient (Wildman–Crippen LogP) is 4.79. The average molecular weight is 263 g/mol. The second-order valence-corrected chi connectivity index (χ2v) is 7.18. The standard InChI is InChI=1S/C19H21N/c1-19(2,3)13-8-9-17-15(11-13)16-10-12-6-4-5-7-14(12)18(16)20-17/h4-9,11,16,18,20H,10H2,1-3H3. The molecule has 1 nitrogen and oxygen atoms in total. The Labute approximate surface area is 121 Å². The minimum Gasteiger partial charge on any atom is -0.377 e. The van der Waals surface area contributed by atoms with Crippen LogP contribution in [0.15, 0.2) is 42.5 Å². The van der Waals surface area contributed by atoms with E-state index in [1.54, 1.807) is 0 Å². The Balaban J connectivity index is 1.78. The van der Waals surface area contributed by atoms with Gasteiger partial charge in [0.25, 0.3) is 0 Å². The van der Waals surface area contributed by atoms with Crippen molar-refractivity contribution in [1.82, 2.24) is 0 Å². The molecule has 0 radical (unpaired) electrons. The van der Waals surface area contributed by atoms with E-state index in [9.17, 15) is 0 Å². The molecule has 0 saturated carbocycles. The quantitative estimate of drug-likeness (QED) is 0.720. The Morgan fingerprint density at radius 3 is 2.60 bits per heavy atom. The van der Waals surface area contributed by atoms with Crippen LogP contribution in [0, 0.1) is 0 Å². The van der Waals surface area contributed by atoms with Crippen LogP contribution in [0.3, 0.4) is 0 Å². The van der Waals surface area contributed by atoms with Gasteiger partial charge in [-0.1, -0.05) is 57.2 Å². The first kappa shape index (κ1) is 12.0. The summed E-state index contributed by atoms with van der Waals surface area (Å²) in [6.07, 6.45) is 1.18. The van der Waals surface area contributed by atoms with Gasteiger partial charge in [-0.15, -0.1) is 0 Å². The van der Waals surface area contributed by atoms with Gasteiger partial charge in [0.2, 0.25) is 0 Å². The van der Waals surface area contributed by atoms with Crippen molar-refractivity contribution < 1.29 is 0 Å². The van der Waals surface area contributed by atoms with Gasteiger partial charge >= 0.3 is 0 Å². The summed E-state index contributed by atoms with van der Waals surface area (Å²) in [5.74, 6) is 0.615. The van der Waals surface area contributed by atoms with Crippen LogP contribution >= 0.6 is 0 Å². The zero-order valence-electron chi connectivity index (χ0n) is 12.4. The van der Waals surface area contributed by atoms with Gasteiger partial charge in [0.1, 0.15) is 0 Å². The molecule has 1 heterocycles. The van der Waals surface area contributed by atoms with Crippen molar-refractivity contribution in [3.8, 4) is 0 Å². The van der Waals surface area contributed by atoms with E-state index in [-0.39, 0.29) is 5.41 Å². The number of anilines is 1. The van der Waals surface area contributed by atoms with Gasteiger partial charge in [-0.25, -0.2) is 0 Å². The van der Waals surface area contributed by atoms with Crippen molar-refractivity contribution in [2.24, 2.45) is 0 Å². The number of hydrogen-bond acceptors (Lipinski definition) is 1. The van der Waals surface area contributed by atoms with Crippen LogP contribution in [-0.2, 0) is 11.8 Å². The monoisotopic (exact) mass is 263 g/mol. The summed E-state index contributed by atoms with van der Waals surface area (Å²) >= 11 is 0. The third-order valence-electron chi connectivity index (χ3n) is 4.86. The van der Waals surface area contributed by atoms with Crippen LogP contribution in [0.25, 0.3) is 0 Å². The maximum absolute atomic E-state index is 3.73. The molecule has 2 aromatic carbocycles. The van der Waals surface area contributed by atoms with E-state index in [0.29, 0.717) is 12.0 Å². The second kappa shape index (κ2) is 3.88. The smallest absolute Gasteiger partial charge is 0.0589 e. The molecule has 4 rings (SSSR count). The van der Waals surface area contributed by atoms with Crippen molar-refractivity contribution in [1.29, 1.82) is 0 Å². The van der Waals surface area contributed by atoms with E-state index < -0.39 is 0 Å². The predicted molar refractivity (Wildman–Crippen MR) is 84.4 cm³/mol. The lowest BCUT2D eigenvalue weighted by atomic mass is 9.84. The Bertz CT molecular complexity index is 678. The van der Waals surface area contributed by atoms with Crippen LogP contribution in [0.1, 0.15) is 55.0 Å². The number of hydrogen-bond donors (Lipinski definition) is 1. The second-order valence-electron chi connectivity index (χ2n) is 7.18. The Morgan fingerprint density at radius 2 is 1.80 bits per heavy atom. The topological polar surface area (TPSA) is 12.0 Å². The molecule has 1 aliphatic heterocycles. The fraction of sp³-hybridized carbons (Fsp3) is 0.368. The molecule has 1 aliphatic carbocycles. The maximum Gasteiger partial charge on any atom is 0.0589 e. The summed E-state index contributed by atoms with van der Waals surface area (Å²) in [5, 5.41) is 3.73.